The van der Waals surface area contributed by atoms with Crippen LogP contribution < -0.4 is 4.74 Å². The summed E-state index contributed by atoms with van der Waals surface area (Å²) in [5.74, 6) is 1.11. The molecule has 1 aliphatic heterocycles. The van der Waals surface area contributed by atoms with Crippen LogP contribution in [0.5, 0.6) is 5.75 Å². The van der Waals surface area contributed by atoms with Crippen molar-refractivity contribution in [3.05, 3.63) is 42.2 Å². The molecular formula is C17H20BNO3S. The number of rotatable bonds is 5. The summed E-state index contributed by atoms with van der Waals surface area (Å²) in [6.07, 6.45) is 6.39. The Labute approximate surface area is 141 Å². The van der Waals surface area contributed by atoms with Crippen LogP contribution in [0.15, 0.2) is 41.6 Å². The summed E-state index contributed by atoms with van der Waals surface area (Å²) in [4.78, 5) is 5.50. The molecule has 0 bridgehead atoms. The second-order valence-corrected chi connectivity index (χ2v) is 6.37. The molecule has 0 radical (unpaired) electrons. The smallest absolute Gasteiger partial charge is 0.454 e. The average molecular weight is 329 g/mol. The third kappa shape index (κ3) is 3.71. The van der Waals surface area contributed by atoms with Gasteiger partial charge in [-0.25, -0.2) is 0 Å². The van der Waals surface area contributed by atoms with E-state index in [0.717, 1.165) is 27.3 Å². The van der Waals surface area contributed by atoms with Crippen LogP contribution in [0.1, 0.15) is 18.4 Å². The fourth-order valence-electron chi connectivity index (χ4n) is 2.80. The van der Waals surface area contributed by atoms with Crippen LogP contribution >= 0.6 is 11.8 Å². The molecule has 1 atom stereocenters. The van der Waals surface area contributed by atoms with Crippen molar-refractivity contribution < 1.29 is 14.4 Å². The number of benzene rings is 1. The van der Waals surface area contributed by atoms with Crippen molar-refractivity contribution in [1.29, 1.82) is 0 Å². The summed E-state index contributed by atoms with van der Waals surface area (Å²) in [5, 5.41) is 9.54. The minimum absolute atomic E-state index is 0.203. The molecule has 1 fully saturated rings. The molecule has 6 heteroatoms. The number of thioether (sulfide) groups is 1. The maximum atomic E-state index is 9.54. The predicted octanol–water partition coefficient (Wildman–Crippen LogP) is 3.46. The molecule has 1 aliphatic rings. The quantitative estimate of drug-likeness (QED) is 0.672. The summed E-state index contributed by atoms with van der Waals surface area (Å²) < 4.78 is 11.0. The highest BCUT2D eigenvalue weighted by atomic mass is 32.2. The Balaban J connectivity index is 1.91. The lowest BCUT2D eigenvalue weighted by Crippen LogP contribution is -2.07. The molecule has 1 saturated heterocycles. The van der Waals surface area contributed by atoms with E-state index in [1.807, 2.05) is 25.6 Å². The molecule has 2 heterocycles. The lowest BCUT2D eigenvalue weighted by molar-refractivity contribution is 0.292. The highest BCUT2D eigenvalue weighted by molar-refractivity contribution is 7.98. The minimum atomic E-state index is -0.658. The molecule has 3 rings (SSSR count). The van der Waals surface area contributed by atoms with Crippen LogP contribution in [-0.2, 0) is 4.65 Å². The number of pyridine rings is 1. The van der Waals surface area contributed by atoms with Crippen LogP contribution in [-0.4, -0.2) is 36.6 Å². The van der Waals surface area contributed by atoms with Crippen LogP contribution in [0.4, 0.5) is 0 Å². The van der Waals surface area contributed by atoms with Gasteiger partial charge in [0.2, 0.25) is 0 Å². The van der Waals surface area contributed by atoms with Crippen molar-refractivity contribution in [3.63, 3.8) is 0 Å². The molecule has 0 amide bonds. The van der Waals surface area contributed by atoms with Gasteiger partial charge in [-0.1, -0.05) is 6.07 Å². The standard InChI is InChI=1S/C17H20BNO3S/c1-3-21-16-7-12(4-5-17(16)23-2)13-6-14(10-19-9-13)15-8-18(20)22-11-15/h4-7,9-10,15,20H,3,8,11H2,1-2H3/t15-/m0/s1. The lowest BCUT2D eigenvalue weighted by atomic mass is 9.80. The SMILES string of the molecule is CCOc1cc(-c2cncc([C@@H]3COB(O)C3)c2)ccc1SC. The van der Waals surface area contributed by atoms with E-state index in [0.29, 0.717) is 19.5 Å². The third-order valence-electron chi connectivity index (χ3n) is 4.00. The summed E-state index contributed by atoms with van der Waals surface area (Å²) in [6, 6.07) is 8.37. The minimum Gasteiger partial charge on any atom is -0.493 e. The van der Waals surface area contributed by atoms with E-state index in [1.54, 1.807) is 11.8 Å². The fraction of sp³-hybridized carbons (Fsp3) is 0.353. The first-order valence-corrected chi connectivity index (χ1v) is 8.99. The first kappa shape index (κ1) is 16.4. The first-order chi connectivity index (χ1) is 11.2. The first-order valence-electron chi connectivity index (χ1n) is 7.77. The van der Waals surface area contributed by atoms with Gasteiger partial charge >= 0.3 is 7.12 Å². The average Bonchev–Trinajstić information content (AvgIpc) is 3.02. The van der Waals surface area contributed by atoms with Crippen LogP contribution in [0.3, 0.4) is 0 Å². The molecule has 0 spiro atoms. The Morgan fingerprint density at radius 1 is 1.35 bits per heavy atom. The molecule has 1 N–H and O–H groups in total. The van der Waals surface area contributed by atoms with E-state index < -0.39 is 7.12 Å². The second-order valence-electron chi connectivity index (χ2n) is 5.53. The molecule has 2 aromatic rings. The maximum Gasteiger partial charge on any atom is 0.454 e. The molecule has 0 saturated carbocycles. The van der Waals surface area contributed by atoms with Gasteiger partial charge in [0.1, 0.15) is 5.75 Å². The van der Waals surface area contributed by atoms with Gasteiger partial charge in [-0.15, -0.1) is 11.8 Å². The Bertz CT molecular complexity index is 683. The monoisotopic (exact) mass is 329 g/mol. The Morgan fingerprint density at radius 2 is 2.22 bits per heavy atom. The van der Waals surface area contributed by atoms with Gasteiger partial charge in [0, 0.05) is 35.4 Å². The van der Waals surface area contributed by atoms with Crippen molar-refractivity contribution in [1.82, 2.24) is 4.98 Å². The van der Waals surface area contributed by atoms with Gasteiger partial charge in [-0.05, 0) is 48.8 Å². The number of hydrogen-bond acceptors (Lipinski definition) is 5. The van der Waals surface area contributed by atoms with Gasteiger partial charge in [0.25, 0.3) is 0 Å². The molecule has 0 unspecified atom stereocenters. The summed E-state index contributed by atoms with van der Waals surface area (Å²) in [7, 11) is -0.658. The molecule has 4 nitrogen and oxygen atoms in total. The fourth-order valence-corrected chi connectivity index (χ4v) is 3.33. The van der Waals surface area contributed by atoms with E-state index in [4.69, 9.17) is 9.39 Å². The number of nitrogens with zero attached hydrogens (tertiary/aromatic N) is 1. The number of hydrogen-bond donors (Lipinski definition) is 1. The van der Waals surface area contributed by atoms with Crippen molar-refractivity contribution >= 4 is 18.9 Å². The van der Waals surface area contributed by atoms with Crippen LogP contribution in [0.2, 0.25) is 6.32 Å². The molecule has 1 aromatic carbocycles. The molecule has 23 heavy (non-hydrogen) atoms. The Hall–Kier alpha value is -1.50. The summed E-state index contributed by atoms with van der Waals surface area (Å²) in [5.41, 5.74) is 3.24. The van der Waals surface area contributed by atoms with Crippen molar-refractivity contribution in [2.24, 2.45) is 0 Å². The van der Waals surface area contributed by atoms with Gasteiger partial charge in [-0.2, -0.15) is 0 Å². The van der Waals surface area contributed by atoms with Crippen LogP contribution in [0.25, 0.3) is 11.1 Å². The molecular weight excluding hydrogens is 309 g/mol. The predicted molar refractivity (Wildman–Crippen MR) is 94.1 cm³/mol. The number of ether oxygens (including phenoxy) is 1. The molecule has 0 aliphatic carbocycles. The molecule has 1 aromatic heterocycles. The van der Waals surface area contributed by atoms with E-state index in [9.17, 15) is 5.02 Å². The van der Waals surface area contributed by atoms with E-state index >= 15 is 0 Å². The maximum absolute atomic E-state index is 9.54. The normalized spacial score (nSPS) is 17.5. The number of aromatic nitrogens is 1. The van der Waals surface area contributed by atoms with Crippen molar-refractivity contribution in [3.8, 4) is 16.9 Å². The van der Waals surface area contributed by atoms with Crippen LogP contribution in [0, 0.1) is 0 Å². The van der Waals surface area contributed by atoms with Gasteiger partial charge in [0.15, 0.2) is 0 Å². The summed E-state index contributed by atoms with van der Waals surface area (Å²) >= 11 is 1.68. The van der Waals surface area contributed by atoms with E-state index in [1.165, 1.54) is 0 Å². The Morgan fingerprint density at radius 3 is 2.91 bits per heavy atom. The van der Waals surface area contributed by atoms with E-state index in [-0.39, 0.29) is 5.92 Å². The molecule has 120 valence electrons. The summed E-state index contributed by atoms with van der Waals surface area (Å²) in [6.45, 7) is 3.18. The van der Waals surface area contributed by atoms with Gasteiger partial charge < -0.3 is 14.4 Å². The van der Waals surface area contributed by atoms with E-state index in [2.05, 4.69) is 29.2 Å². The topological polar surface area (TPSA) is 51.6 Å². The Kier molecular flexibility index (Phi) is 5.25. The van der Waals surface area contributed by atoms with Crippen molar-refractivity contribution in [2.45, 2.75) is 24.1 Å². The van der Waals surface area contributed by atoms with Gasteiger partial charge in [0.05, 0.1) is 6.61 Å². The second kappa shape index (κ2) is 7.38. The largest absolute Gasteiger partial charge is 0.493 e. The zero-order valence-electron chi connectivity index (χ0n) is 13.4. The zero-order chi connectivity index (χ0) is 16.2. The van der Waals surface area contributed by atoms with Crippen molar-refractivity contribution in [2.75, 3.05) is 19.5 Å². The van der Waals surface area contributed by atoms with Gasteiger partial charge in [-0.3, -0.25) is 4.98 Å². The highest BCUT2D eigenvalue weighted by Gasteiger charge is 2.30. The zero-order valence-corrected chi connectivity index (χ0v) is 14.2. The lowest BCUT2D eigenvalue weighted by Gasteiger charge is -2.12. The third-order valence-corrected chi connectivity index (χ3v) is 4.78. The highest BCUT2D eigenvalue weighted by Crippen LogP contribution is 2.34.